The van der Waals surface area contributed by atoms with Crippen LogP contribution in [0.2, 0.25) is 0 Å². The lowest BCUT2D eigenvalue weighted by atomic mass is 9.92. The van der Waals surface area contributed by atoms with Crippen LogP contribution in [0, 0.1) is 18.7 Å². The molecule has 44 heavy (non-hydrogen) atoms. The SMILES string of the molecule is Cc1cc(-c2cc(C(=O)N3CC(F)c4ccccc4[C@H]3C)nc3cc(-c4ccc([C@H]5C[C@@H]5CC(=O)O)cc4F)nn23)n(C)n1. The van der Waals surface area contributed by atoms with E-state index in [0.29, 0.717) is 28.3 Å². The van der Waals surface area contributed by atoms with Crippen molar-refractivity contribution in [2.75, 3.05) is 6.54 Å². The molecule has 1 aliphatic heterocycles. The van der Waals surface area contributed by atoms with Gasteiger partial charge in [0.15, 0.2) is 5.65 Å². The number of nitrogens with zero attached hydrogens (tertiary/aromatic N) is 6. The van der Waals surface area contributed by atoms with E-state index < -0.39 is 23.9 Å². The van der Waals surface area contributed by atoms with E-state index in [-0.39, 0.29) is 42.1 Å². The minimum Gasteiger partial charge on any atom is -0.481 e. The van der Waals surface area contributed by atoms with Crippen molar-refractivity contribution in [2.45, 2.75) is 44.8 Å². The summed E-state index contributed by atoms with van der Waals surface area (Å²) >= 11 is 0. The van der Waals surface area contributed by atoms with Crippen LogP contribution in [-0.4, -0.2) is 52.8 Å². The minimum absolute atomic E-state index is 0.0155. The summed E-state index contributed by atoms with van der Waals surface area (Å²) in [5.74, 6) is -1.71. The van der Waals surface area contributed by atoms with Crippen LogP contribution in [0.15, 0.2) is 60.7 Å². The molecule has 1 fully saturated rings. The highest BCUT2D eigenvalue weighted by Gasteiger charge is 2.40. The smallest absolute Gasteiger partial charge is 0.303 e. The molecule has 11 heteroatoms. The quantitative estimate of drug-likeness (QED) is 0.256. The average molecular weight is 597 g/mol. The molecule has 1 amide bonds. The van der Waals surface area contributed by atoms with Crippen molar-refractivity contribution in [3.8, 4) is 22.6 Å². The minimum atomic E-state index is -1.32. The number of carboxylic acids is 1. The molecule has 1 N–H and O–H groups in total. The Morgan fingerprint density at radius 1 is 1.02 bits per heavy atom. The number of halogens is 2. The molecular formula is C33H30F2N6O3. The third kappa shape index (κ3) is 4.72. The van der Waals surface area contributed by atoms with Gasteiger partial charge >= 0.3 is 5.97 Å². The summed E-state index contributed by atoms with van der Waals surface area (Å²) in [6.07, 6.45) is -0.534. The van der Waals surface area contributed by atoms with Gasteiger partial charge in [0.1, 0.15) is 17.7 Å². The van der Waals surface area contributed by atoms with Gasteiger partial charge in [0, 0.05) is 25.1 Å². The number of rotatable bonds is 6. The first-order chi connectivity index (χ1) is 21.1. The predicted octanol–water partition coefficient (Wildman–Crippen LogP) is 6.05. The topological polar surface area (TPSA) is 106 Å². The molecular weight excluding hydrogens is 566 g/mol. The standard InChI is InChI=1S/C33H30F2N6O3/c1-17-10-29(39(3)37-17)30-14-28(33(44)40-16-26(35)22-7-5-4-6-21(22)18(40)2)36-31-15-27(38-41(30)31)23-9-8-19(12-25(23)34)24-11-20(24)13-32(42)43/h4-10,12,14-15,18,20,24,26H,11,13,16H2,1-3H3,(H,42,43)/t18-,20-,24-,26?/m1/s1. The largest absolute Gasteiger partial charge is 0.481 e. The number of hydrogen-bond donors (Lipinski definition) is 1. The Balaban J connectivity index is 1.29. The molecule has 0 radical (unpaired) electrons. The fourth-order valence-corrected chi connectivity index (χ4v) is 6.50. The first-order valence-electron chi connectivity index (χ1n) is 14.6. The Morgan fingerprint density at radius 3 is 2.50 bits per heavy atom. The molecule has 0 spiro atoms. The number of alkyl halides is 1. The van der Waals surface area contributed by atoms with Crippen LogP contribution in [0.4, 0.5) is 8.78 Å². The number of aliphatic carboxylic acids is 1. The summed E-state index contributed by atoms with van der Waals surface area (Å²) in [6.45, 7) is 3.64. The van der Waals surface area contributed by atoms with Crippen molar-refractivity contribution < 1.29 is 23.5 Å². The van der Waals surface area contributed by atoms with Gasteiger partial charge in [0.2, 0.25) is 0 Å². The van der Waals surface area contributed by atoms with E-state index in [1.807, 2.05) is 38.1 Å². The molecule has 1 aliphatic carbocycles. The van der Waals surface area contributed by atoms with Crippen LogP contribution in [0.3, 0.4) is 0 Å². The fraction of sp³-hybridized carbons (Fsp3) is 0.303. The number of hydrogen-bond acceptors (Lipinski definition) is 5. The van der Waals surface area contributed by atoms with E-state index in [0.717, 1.165) is 23.2 Å². The Hall–Kier alpha value is -4.93. The summed E-state index contributed by atoms with van der Waals surface area (Å²) < 4.78 is 33.9. The normalized spacial score (nSPS) is 21.0. The highest BCUT2D eigenvalue weighted by Crippen LogP contribution is 2.50. The Morgan fingerprint density at radius 2 is 1.80 bits per heavy atom. The van der Waals surface area contributed by atoms with Gasteiger partial charge in [-0.15, -0.1) is 0 Å². The van der Waals surface area contributed by atoms with E-state index in [4.69, 9.17) is 10.2 Å². The molecule has 224 valence electrons. The Bertz CT molecular complexity index is 1970. The maximum atomic E-state index is 15.5. The van der Waals surface area contributed by atoms with Crippen molar-refractivity contribution in [3.63, 3.8) is 0 Å². The zero-order valence-corrected chi connectivity index (χ0v) is 24.4. The van der Waals surface area contributed by atoms with Gasteiger partial charge in [-0.1, -0.05) is 30.3 Å². The van der Waals surface area contributed by atoms with Gasteiger partial charge in [-0.05, 0) is 73.1 Å². The molecule has 7 rings (SSSR count). The van der Waals surface area contributed by atoms with E-state index in [2.05, 4.69) is 10.1 Å². The van der Waals surface area contributed by atoms with Crippen molar-refractivity contribution >= 4 is 17.5 Å². The van der Waals surface area contributed by atoms with Gasteiger partial charge in [-0.2, -0.15) is 10.2 Å². The van der Waals surface area contributed by atoms with Crippen molar-refractivity contribution in [1.82, 2.24) is 29.3 Å². The molecule has 1 saturated carbocycles. The van der Waals surface area contributed by atoms with Crippen LogP contribution < -0.4 is 0 Å². The molecule has 5 aromatic rings. The van der Waals surface area contributed by atoms with Gasteiger partial charge < -0.3 is 10.0 Å². The van der Waals surface area contributed by atoms with E-state index in [1.54, 1.807) is 46.6 Å². The molecule has 1 unspecified atom stereocenters. The third-order valence-electron chi connectivity index (χ3n) is 8.84. The summed E-state index contributed by atoms with van der Waals surface area (Å²) in [5, 5.41) is 18.2. The van der Waals surface area contributed by atoms with E-state index in [9.17, 15) is 9.59 Å². The van der Waals surface area contributed by atoms with Crippen LogP contribution in [-0.2, 0) is 11.8 Å². The summed E-state index contributed by atoms with van der Waals surface area (Å²) in [4.78, 5) is 31.2. The first kappa shape index (κ1) is 27.9. The highest BCUT2D eigenvalue weighted by atomic mass is 19.1. The van der Waals surface area contributed by atoms with Crippen LogP contribution in [0.25, 0.3) is 28.3 Å². The van der Waals surface area contributed by atoms with E-state index in [1.165, 1.54) is 11.0 Å². The molecule has 0 bridgehead atoms. The first-order valence-corrected chi connectivity index (χ1v) is 14.6. The van der Waals surface area contributed by atoms with Crippen LogP contribution in [0.1, 0.15) is 70.8 Å². The number of carbonyl (C=O) groups is 2. The molecule has 9 nitrogen and oxygen atoms in total. The molecule has 2 aliphatic rings. The van der Waals surface area contributed by atoms with Crippen LogP contribution >= 0.6 is 0 Å². The zero-order valence-electron chi connectivity index (χ0n) is 24.4. The lowest BCUT2D eigenvalue weighted by Gasteiger charge is -2.36. The number of aromatic nitrogens is 5. The van der Waals surface area contributed by atoms with Gasteiger partial charge in [0.25, 0.3) is 5.91 Å². The van der Waals surface area contributed by atoms with Crippen molar-refractivity contribution in [1.29, 1.82) is 0 Å². The lowest BCUT2D eigenvalue weighted by molar-refractivity contribution is -0.137. The number of amides is 1. The number of benzene rings is 2. The van der Waals surface area contributed by atoms with E-state index >= 15 is 8.78 Å². The predicted molar refractivity (Wildman–Crippen MR) is 158 cm³/mol. The molecule has 0 saturated heterocycles. The number of fused-ring (bicyclic) bond motifs is 2. The van der Waals surface area contributed by atoms with Gasteiger partial charge in [0.05, 0.1) is 35.4 Å². The van der Waals surface area contributed by atoms with Gasteiger partial charge in [-0.25, -0.2) is 18.3 Å². The molecule has 2 aromatic carbocycles. The Labute approximate surface area is 251 Å². The van der Waals surface area contributed by atoms with Crippen molar-refractivity contribution in [3.05, 3.63) is 94.6 Å². The maximum Gasteiger partial charge on any atom is 0.303 e. The maximum absolute atomic E-state index is 15.5. The fourth-order valence-electron chi connectivity index (χ4n) is 6.50. The zero-order chi connectivity index (χ0) is 30.9. The van der Waals surface area contributed by atoms with Crippen LogP contribution in [0.5, 0.6) is 0 Å². The molecule has 4 atom stereocenters. The summed E-state index contributed by atoms with van der Waals surface area (Å²) in [5.41, 5.74) is 5.11. The highest BCUT2D eigenvalue weighted by molar-refractivity contribution is 5.94. The average Bonchev–Trinajstić information content (AvgIpc) is 3.47. The molecule has 3 aromatic heterocycles. The van der Waals surface area contributed by atoms with Crippen molar-refractivity contribution in [2.24, 2.45) is 13.0 Å². The number of carbonyl (C=O) groups excluding carboxylic acids is 1. The lowest BCUT2D eigenvalue weighted by Crippen LogP contribution is -2.40. The monoisotopic (exact) mass is 596 g/mol. The number of aryl methyl sites for hydroxylation is 2. The third-order valence-corrected chi connectivity index (χ3v) is 8.84. The Kier molecular flexibility index (Phi) is 6.56. The summed E-state index contributed by atoms with van der Waals surface area (Å²) in [7, 11) is 1.78. The summed E-state index contributed by atoms with van der Waals surface area (Å²) in [6, 6.07) is 16.9. The van der Waals surface area contributed by atoms with Gasteiger partial charge in [-0.3, -0.25) is 14.3 Å². The second-order valence-corrected chi connectivity index (χ2v) is 11.8. The molecule has 4 heterocycles. The second-order valence-electron chi connectivity index (χ2n) is 11.8. The number of carboxylic acid groups (broad SMARTS) is 1. The second kappa shape index (κ2) is 10.4.